The molecule has 0 atom stereocenters. The number of rotatable bonds is 7. The van der Waals surface area contributed by atoms with Crippen LogP contribution in [-0.2, 0) is 6.42 Å². The van der Waals surface area contributed by atoms with Crippen LogP contribution >= 0.6 is 0 Å². The van der Waals surface area contributed by atoms with Crippen LogP contribution in [0.4, 0.5) is 0 Å². The Kier molecular flexibility index (Phi) is 8.23. The Bertz CT molecular complexity index is 2790. The summed E-state index contributed by atoms with van der Waals surface area (Å²) in [6.45, 7) is 0. The van der Waals surface area contributed by atoms with Crippen LogP contribution in [-0.4, -0.2) is 15.0 Å². The Balaban J connectivity index is 1.01. The van der Waals surface area contributed by atoms with Crippen molar-refractivity contribution in [3.63, 3.8) is 0 Å². The van der Waals surface area contributed by atoms with E-state index in [4.69, 9.17) is 15.0 Å². The zero-order chi connectivity index (χ0) is 36.6. The van der Waals surface area contributed by atoms with Gasteiger partial charge in [-0.2, -0.15) is 0 Å². The highest BCUT2D eigenvalue weighted by atomic mass is 15.0. The van der Waals surface area contributed by atoms with Crippen LogP contribution in [0.15, 0.2) is 200 Å². The van der Waals surface area contributed by atoms with E-state index in [9.17, 15) is 0 Å². The number of fused-ring (bicyclic) bond motifs is 3. The molecule has 9 aromatic rings. The quantitative estimate of drug-likeness (QED) is 0.166. The van der Waals surface area contributed by atoms with E-state index in [2.05, 4.69) is 176 Å². The van der Waals surface area contributed by atoms with Crippen molar-refractivity contribution >= 4 is 0 Å². The summed E-state index contributed by atoms with van der Waals surface area (Å²) in [7, 11) is 0. The van der Waals surface area contributed by atoms with Crippen molar-refractivity contribution in [2.45, 2.75) is 6.42 Å². The fourth-order valence-electron chi connectivity index (χ4n) is 7.87. The van der Waals surface area contributed by atoms with Crippen LogP contribution in [0.1, 0.15) is 11.1 Å². The second-order valence-electron chi connectivity index (χ2n) is 14.0. The van der Waals surface area contributed by atoms with Crippen LogP contribution < -0.4 is 0 Å². The van der Waals surface area contributed by atoms with Gasteiger partial charge < -0.3 is 0 Å². The Morgan fingerprint density at radius 2 is 0.564 bits per heavy atom. The van der Waals surface area contributed by atoms with Crippen LogP contribution in [0, 0.1) is 0 Å². The van der Waals surface area contributed by atoms with E-state index in [1.54, 1.807) is 0 Å². The summed E-state index contributed by atoms with van der Waals surface area (Å²) in [5, 5.41) is 0. The van der Waals surface area contributed by atoms with Gasteiger partial charge in [-0.1, -0.05) is 194 Å². The van der Waals surface area contributed by atoms with Gasteiger partial charge in [-0.25, -0.2) is 15.0 Å². The first-order chi connectivity index (χ1) is 27.2. The predicted octanol–water partition coefficient (Wildman–Crippen LogP) is 13.1. The molecule has 0 fully saturated rings. The lowest BCUT2D eigenvalue weighted by atomic mass is 9.94. The smallest absolute Gasteiger partial charge is 0.164 e. The van der Waals surface area contributed by atoms with E-state index in [0.29, 0.717) is 17.5 Å². The van der Waals surface area contributed by atoms with Gasteiger partial charge in [-0.3, -0.25) is 0 Å². The lowest BCUT2D eigenvalue weighted by Gasteiger charge is -2.12. The fraction of sp³-hybridized carbons (Fsp3) is 0.0192. The number of aromatic nitrogens is 3. The molecule has 1 aliphatic rings. The van der Waals surface area contributed by atoms with Crippen molar-refractivity contribution in [2.75, 3.05) is 0 Å². The van der Waals surface area contributed by atoms with Gasteiger partial charge in [-0.05, 0) is 79.2 Å². The molecule has 0 unspecified atom stereocenters. The van der Waals surface area contributed by atoms with E-state index in [-0.39, 0.29) is 0 Å². The van der Waals surface area contributed by atoms with E-state index in [1.165, 1.54) is 55.6 Å². The van der Waals surface area contributed by atoms with Gasteiger partial charge in [0.05, 0.1) is 0 Å². The molecule has 10 rings (SSSR count). The molecule has 0 aliphatic heterocycles. The van der Waals surface area contributed by atoms with Gasteiger partial charge in [0.1, 0.15) is 0 Å². The minimum atomic E-state index is 0.647. The highest BCUT2D eigenvalue weighted by Gasteiger charge is 2.25. The number of hydrogen-bond donors (Lipinski definition) is 0. The zero-order valence-corrected chi connectivity index (χ0v) is 30.1. The van der Waals surface area contributed by atoms with Gasteiger partial charge in [0, 0.05) is 16.7 Å². The van der Waals surface area contributed by atoms with Crippen LogP contribution in [0.25, 0.3) is 89.8 Å². The summed E-state index contributed by atoms with van der Waals surface area (Å²) in [6.07, 6.45) is 0.870. The zero-order valence-electron chi connectivity index (χ0n) is 30.1. The summed E-state index contributed by atoms with van der Waals surface area (Å²) in [4.78, 5) is 15.1. The molecule has 258 valence electrons. The molecule has 1 aliphatic carbocycles. The second kappa shape index (κ2) is 14.0. The van der Waals surface area contributed by atoms with Gasteiger partial charge in [0.15, 0.2) is 17.5 Å². The van der Waals surface area contributed by atoms with Crippen LogP contribution in [0.2, 0.25) is 0 Å². The Labute approximate surface area is 321 Å². The summed E-state index contributed by atoms with van der Waals surface area (Å²) >= 11 is 0. The third-order valence-electron chi connectivity index (χ3n) is 10.6. The first-order valence-electron chi connectivity index (χ1n) is 18.7. The average Bonchev–Trinajstić information content (AvgIpc) is 3.67. The van der Waals surface area contributed by atoms with Crippen molar-refractivity contribution in [1.82, 2.24) is 15.0 Å². The van der Waals surface area contributed by atoms with Gasteiger partial charge in [-0.15, -0.1) is 0 Å². The fourth-order valence-corrected chi connectivity index (χ4v) is 7.87. The van der Waals surface area contributed by atoms with E-state index in [1.807, 2.05) is 24.3 Å². The molecule has 0 radical (unpaired) electrons. The van der Waals surface area contributed by atoms with Crippen molar-refractivity contribution in [3.8, 4) is 89.8 Å². The molecular formula is C52H35N3. The molecule has 0 saturated carbocycles. The first-order valence-corrected chi connectivity index (χ1v) is 18.7. The third kappa shape index (κ3) is 6.22. The normalized spacial score (nSPS) is 11.6. The number of hydrogen-bond acceptors (Lipinski definition) is 3. The lowest BCUT2D eigenvalue weighted by Crippen LogP contribution is -2.00. The Hall–Kier alpha value is -7.23. The average molecular weight is 702 g/mol. The molecule has 0 spiro atoms. The van der Waals surface area contributed by atoms with E-state index in [0.717, 1.165) is 34.2 Å². The van der Waals surface area contributed by atoms with Crippen LogP contribution in [0.5, 0.6) is 0 Å². The van der Waals surface area contributed by atoms with Gasteiger partial charge in [0.25, 0.3) is 0 Å². The Morgan fingerprint density at radius 1 is 0.236 bits per heavy atom. The van der Waals surface area contributed by atoms with Gasteiger partial charge >= 0.3 is 0 Å². The summed E-state index contributed by atoms with van der Waals surface area (Å²) in [5.74, 6) is 1.95. The SMILES string of the molecule is c1ccc(-c2ccc(-c3nc(-c4ccccc4)nc(-c4cccc(-c5cccc6c5Cc5c(-c7ccc(-c8ccccc8)cc7)cccc5-6)c4)n3)cc2)cc1. The predicted molar refractivity (Wildman–Crippen MR) is 226 cm³/mol. The molecule has 3 heteroatoms. The maximum absolute atomic E-state index is 5.09. The minimum absolute atomic E-state index is 0.647. The molecular weight excluding hydrogens is 667 g/mol. The Morgan fingerprint density at radius 3 is 1.09 bits per heavy atom. The molecule has 55 heavy (non-hydrogen) atoms. The first kappa shape index (κ1) is 32.4. The molecule has 8 aromatic carbocycles. The van der Waals surface area contributed by atoms with Crippen molar-refractivity contribution in [3.05, 3.63) is 211 Å². The monoisotopic (exact) mass is 701 g/mol. The highest BCUT2D eigenvalue weighted by molar-refractivity contribution is 5.90. The standard InChI is InChI=1S/C52H35N3/c1-4-13-35(14-5-1)37-25-29-39(30-26-37)44-21-11-23-46-47-24-12-22-45(49(47)34-48(44)46)42-19-10-20-43(33-42)52-54-50(40-17-8-3-9-18-40)53-51(55-52)41-31-27-38(28-32-41)36-15-6-2-7-16-36/h1-33H,34H2. The topological polar surface area (TPSA) is 38.7 Å². The molecule has 1 heterocycles. The summed E-state index contributed by atoms with van der Waals surface area (Å²) in [6, 6.07) is 70.7. The molecule has 0 saturated heterocycles. The number of benzene rings is 8. The molecule has 0 bridgehead atoms. The van der Waals surface area contributed by atoms with Crippen molar-refractivity contribution in [1.29, 1.82) is 0 Å². The van der Waals surface area contributed by atoms with E-state index < -0.39 is 0 Å². The second-order valence-corrected chi connectivity index (χ2v) is 14.0. The summed E-state index contributed by atoms with van der Waals surface area (Å²) < 4.78 is 0. The maximum Gasteiger partial charge on any atom is 0.164 e. The minimum Gasteiger partial charge on any atom is -0.208 e. The van der Waals surface area contributed by atoms with Crippen molar-refractivity contribution in [2.24, 2.45) is 0 Å². The van der Waals surface area contributed by atoms with Crippen molar-refractivity contribution < 1.29 is 0 Å². The molecule has 0 N–H and O–H groups in total. The van der Waals surface area contributed by atoms with Crippen LogP contribution in [0.3, 0.4) is 0 Å². The largest absolute Gasteiger partial charge is 0.208 e. The maximum atomic E-state index is 5.09. The third-order valence-corrected chi connectivity index (χ3v) is 10.6. The molecule has 3 nitrogen and oxygen atoms in total. The number of nitrogens with zero attached hydrogens (tertiary/aromatic N) is 3. The molecule has 1 aromatic heterocycles. The molecule has 0 amide bonds. The summed E-state index contributed by atoms with van der Waals surface area (Å²) in [5.41, 5.74) is 17.9. The lowest BCUT2D eigenvalue weighted by molar-refractivity contribution is 1.07. The van der Waals surface area contributed by atoms with Gasteiger partial charge in [0.2, 0.25) is 0 Å². The highest BCUT2D eigenvalue weighted by Crippen LogP contribution is 2.45. The van der Waals surface area contributed by atoms with E-state index >= 15 is 0 Å².